The van der Waals surface area contributed by atoms with Gasteiger partial charge in [-0.05, 0) is 19.8 Å². The summed E-state index contributed by atoms with van der Waals surface area (Å²) in [5.41, 5.74) is 0. The normalized spacial score (nSPS) is 41.9. The largest absolute Gasteiger partial charge is 0.378 e. The van der Waals surface area contributed by atoms with Gasteiger partial charge in [-0.15, -0.1) is 0 Å². The zero-order valence-electron chi connectivity index (χ0n) is 13.0. The molecular formula is C15H29N3O2S. The maximum absolute atomic E-state index is 5.84. The zero-order valence-corrected chi connectivity index (χ0v) is 13.8. The highest BCUT2D eigenvalue weighted by Gasteiger charge is 2.28. The van der Waals surface area contributed by atoms with Crippen LogP contribution in [-0.2, 0) is 9.47 Å². The molecule has 3 aliphatic rings. The van der Waals surface area contributed by atoms with Crippen LogP contribution >= 0.6 is 11.8 Å². The summed E-state index contributed by atoms with van der Waals surface area (Å²) in [4.78, 5) is 0. The number of hydrogen-bond acceptors (Lipinski definition) is 6. The molecule has 0 aliphatic carbocycles. The molecule has 0 bridgehead atoms. The number of hydrogen-bond donors (Lipinski definition) is 3. The summed E-state index contributed by atoms with van der Waals surface area (Å²) in [7, 11) is 0. The van der Waals surface area contributed by atoms with Gasteiger partial charge in [-0.2, -0.15) is 11.8 Å². The lowest BCUT2D eigenvalue weighted by atomic mass is 10.0. The molecule has 21 heavy (non-hydrogen) atoms. The maximum atomic E-state index is 5.84. The van der Waals surface area contributed by atoms with Gasteiger partial charge in [0.1, 0.15) is 0 Å². The van der Waals surface area contributed by atoms with E-state index in [1.165, 1.54) is 11.5 Å². The van der Waals surface area contributed by atoms with Crippen LogP contribution in [0.4, 0.5) is 0 Å². The third kappa shape index (κ3) is 5.08. The number of ether oxygens (including phenoxy) is 2. The number of nitrogens with one attached hydrogen (secondary N) is 3. The molecule has 3 aliphatic heterocycles. The van der Waals surface area contributed by atoms with Gasteiger partial charge in [0.25, 0.3) is 0 Å². The van der Waals surface area contributed by atoms with Crippen LogP contribution in [0.15, 0.2) is 0 Å². The first-order valence-electron chi connectivity index (χ1n) is 8.29. The Kier molecular flexibility index (Phi) is 6.20. The van der Waals surface area contributed by atoms with Crippen molar-refractivity contribution in [2.45, 2.75) is 50.0 Å². The lowest BCUT2D eigenvalue weighted by Crippen LogP contribution is -2.54. The van der Waals surface area contributed by atoms with E-state index in [0.29, 0.717) is 30.3 Å². The molecule has 122 valence electrons. The zero-order chi connectivity index (χ0) is 14.5. The fourth-order valence-corrected chi connectivity index (χ4v) is 4.68. The summed E-state index contributed by atoms with van der Waals surface area (Å²) in [5.74, 6) is 2.42. The van der Waals surface area contributed by atoms with E-state index in [2.05, 4.69) is 34.6 Å². The predicted octanol–water partition coefficient (Wildman–Crippen LogP) is 0.206. The molecule has 6 heteroatoms. The van der Waals surface area contributed by atoms with Gasteiger partial charge in [0, 0.05) is 48.8 Å². The van der Waals surface area contributed by atoms with E-state index < -0.39 is 0 Å². The Morgan fingerprint density at radius 2 is 1.90 bits per heavy atom. The first-order valence-corrected chi connectivity index (χ1v) is 9.45. The third-order valence-electron chi connectivity index (χ3n) is 4.44. The van der Waals surface area contributed by atoms with Crippen molar-refractivity contribution >= 4 is 11.8 Å². The monoisotopic (exact) mass is 315 g/mol. The van der Waals surface area contributed by atoms with Crippen molar-refractivity contribution in [2.75, 3.05) is 44.4 Å². The molecule has 0 amide bonds. The third-order valence-corrected chi connectivity index (χ3v) is 5.71. The van der Waals surface area contributed by atoms with E-state index >= 15 is 0 Å². The predicted molar refractivity (Wildman–Crippen MR) is 87.1 cm³/mol. The molecule has 3 heterocycles. The quantitative estimate of drug-likeness (QED) is 0.689. The number of morpholine rings is 2. The number of thioether (sulfide) groups is 1. The fourth-order valence-electron chi connectivity index (χ4n) is 3.51. The van der Waals surface area contributed by atoms with Crippen molar-refractivity contribution in [1.29, 1.82) is 0 Å². The van der Waals surface area contributed by atoms with Gasteiger partial charge in [-0.25, -0.2) is 0 Å². The Hall–Kier alpha value is 0.150. The van der Waals surface area contributed by atoms with E-state index in [-0.39, 0.29) is 0 Å². The van der Waals surface area contributed by atoms with Gasteiger partial charge in [-0.1, -0.05) is 0 Å². The van der Waals surface area contributed by atoms with Crippen molar-refractivity contribution in [3.05, 3.63) is 0 Å². The standard InChI is InChI=1S/C15H29N3O2S/c1-11-7-19-8-12(17-11)4-13-9-21-10-14(18-13)5-15-6-16-2-3-20-15/h11-18H,2-10H2,1H3. The van der Waals surface area contributed by atoms with Gasteiger partial charge >= 0.3 is 0 Å². The fraction of sp³-hybridized carbons (Fsp3) is 1.00. The molecule has 0 radical (unpaired) electrons. The highest BCUT2D eigenvalue weighted by atomic mass is 32.2. The van der Waals surface area contributed by atoms with Crippen LogP contribution in [0.5, 0.6) is 0 Å². The van der Waals surface area contributed by atoms with E-state index in [0.717, 1.165) is 45.8 Å². The van der Waals surface area contributed by atoms with Crippen LogP contribution < -0.4 is 16.0 Å². The van der Waals surface area contributed by atoms with Gasteiger partial charge in [0.15, 0.2) is 0 Å². The summed E-state index contributed by atoms with van der Waals surface area (Å²) >= 11 is 2.08. The second-order valence-electron chi connectivity index (χ2n) is 6.57. The van der Waals surface area contributed by atoms with E-state index in [9.17, 15) is 0 Å². The van der Waals surface area contributed by atoms with Gasteiger partial charge < -0.3 is 25.4 Å². The average Bonchev–Trinajstić information content (AvgIpc) is 2.49. The Balaban J connectivity index is 1.42. The molecule has 3 N–H and O–H groups in total. The molecular weight excluding hydrogens is 286 g/mol. The molecule has 0 aromatic heterocycles. The van der Waals surface area contributed by atoms with Crippen LogP contribution in [-0.4, -0.2) is 74.7 Å². The average molecular weight is 315 g/mol. The first-order chi connectivity index (χ1) is 10.3. The molecule has 3 saturated heterocycles. The Morgan fingerprint density at radius 3 is 2.67 bits per heavy atom. The second-order valence-corrected chi connectivity index (χ2v) is 7.64. The van der Waals surface area contributed by atoms with E-state index in [1.54, 1.807) is 0 Å². The van der Waals surface area contributed by atoms with Crippen molar-refractivity contribution in [2.24, 2.45) is 0 Å². The van der Waals surface area contributed by atoms with Crippen LogP contribution in [0.2, 0.25) is 0 Å². The van der Waals surface area contributed by atoms with Crippen LogP contribution in [0.3, 0.4) is 0 Å². The highest BCUT2D eigenvalue weighted by molar-refractivity contribution is 7.99. The van der Waals surface area contributed by atoms with Crippen LogP contribution in [0, 0.1) is 0 Å². The molecule has 0 saturated carbocycles. The lowest BCUT2D eigenvalue weighted by molar-refractivity contribution is 0.0170. The molecule has 0 spiro atoms. The molecule has 3 fully saturated rings. The summed E-state index contributed by atoms with van der Waals surface area (Å²) in [6, 6.07) is 2.16. The Labute approximate surface area is 132 Å². The molecule has 5 atom stereocenters. The smallest absolute Gasteiger partial charge is 0.0715 e. The van der Waals surface area contributed by atoms with Gasteiger partial charge in [0.05, 0.1) is 25.9 Å². The molecule has 5 nitrogen and oxygen atoms in total. The SMILES string of the molecule is CC1COCC(CC2CSCC(CC3CNCCO3)N2)N1. The molecule has 0 aromatic rings. The van der Waals surface area contributed by atoms with Crippen molar-refractivity contribution < 1.29 is 9.47 Å². The second kappa shape index (κ2) is 8.13. The maximum Gasteiger partial charge on any atom is 0.0715 e. The molecule has 0 aromatic carbocycles. The lowest BCUT2D eigenvalue weighted by Gasteiger charge is -2.37. The van der Waals surface area contributed by atoms with Crippen LogP contribution in [0.25, 0.3) is 0 Å². The summed E-state index contributed by atoms with van der Waals surface area (Å²) in [5, 5.41) is 10.9. The Bertz CT molecular complexity index is 315. The summed E-state index contributed by atoms with van der Waals surface area (Å²) in [6.07, 6.45) is 2.67. The van der Waals surface area contributed by atoms with E-state index in [1.807, 2.05) is 0 Å². The number of rotatable bonds is 4. The van der Waals surface area contributed by atoms with Crippen molar-refractivity contribution in [1.82, 2.24) is 16.0 Å². The topological polar surface area (TPSA) is 54.5 Å². The minimum absolute atomic E-state index is 0.381. The van der Waals surface area contributed by atoms with Crippen molar-refractivity contribution in [3.8, 4) is 0 Å². The van der Waals surface area contributed by atoms with Crippen molar-refractivity contribution in [3.63, 3.8) is 0 Å². The molecule has 5 unspecified atom stereocenters. The summed E-state index contributed by atoms with van der Waals surface area (Å²) < 4.78 is 11.5. The first kappa shape index (κ1) is 16.0. The van der Waals surface area contributed by atoms with E-state index in [4.69, 9.17) is 9.47 Å². The minimum atomic E-state index is 0.381. The van der Waals surface area contributed by atoms with Crippen LogP contribution in [0.1, 0.15) is 19.8 Å². The Morgan fingerprint density at radius 1 is 1.05 bits per heavy atom. The van der Waals surface area contributed by atoms with Gasteiger partial charge in [0.2, 0.25) is 0 Å². The minimum Gasteiger partial charge on any atom is -0.378 e. The van der Waals surface area contributed by atoms with Gasteiger partial charge in [-0.3, -0.25) is 0 Å². The summed E-state index contributed by atoms with van der Waals surface area (Å²) in [6.45, 7) is 6.76. The highest BCUT2D eigenvalue weighted by Crippen LogP contribution is 2.20. The molecule has 3 rings (SSSR count).